The van der Waals surface area contributed by atoms with Gasteiger partial charge in [0, 0.05) is 26.0 Å². The fourth-order valence-electron chi connectivity index (χ4n) is 4.48. The smallest absolute Gasteiger partial charge is 0.326 e. The van der Waals surface area contributed by atoms with Gasteiger partial charge in [-0.1, -0.05) is 84.0 Å². The molecule has 0 aromatic carbocycles. The molecule has 0 rings (SSSR count). The summed E-state index contributed by atoms with van der Waals surface area (Å²) in [6.07, 6.45) is 16.3. The van der Waals surface area contributed by atoms with Gasteiger partial charge < -0.3 is 39.4 Å². The summed E-state index contributed by atoms with van der Waals surface area (Å²) < 4.78 is 26.8. The first-order valence-electron chi connectivity index (χ1n) is 17.2. The Kier molecular flexibility index (Phi) is 32.7. The predicted molar refractivity (Wildman–Crippen MR) is 172 cm³/mol. The quantitative estimate of drug-likeness (QED) is 0.0820. The van der Waals surface area contributed by atoms with Gasteiger partial charge in [-0.3, -0.25) is 9.59 Å². The molecule has 0 aromatic heterocycles. The Morgan fingerprint density at radius 2 is 0.977 bits per heavy atom. The monoisotopic (exact) mass is 632 g/mol. The summed E-state index contributed by atoms with van der Waals surface area (Å²) in [6.45, 7) is 9.43. The SMILES string of the molecule is CCCCCCCCCCCCCCCC(=O)N[C@@H](CCC(=O)NCCOCCOCCOCCOCCOCC)C(=O)O. The molecule has 0 unspecified atom stereocenters. The normalized spacial score (nSPS) is 11.9. The van der Waals surface area contributed by atoms with E-state index in [2.05, 4.69) is 17.6 Å². The van der Waals surface area contributed by atoms with Crippen LogP contribution in [-0.4, -0.2) is 102 Å². The third-order valence-corrected chi connectivity index (χ3v) is 7.06. The van der Waals surface area contributed by atoms with Gasteiger partial charge in [0.15, 0.2) is 0 Å². The van der Waals surface area contributed by atoms with Crippen molar-refractivity contribution in [2.75, 3.05) is 72.6 Å². The minimum Gasteiger partial charge on any atom is -0.480 e. The molecule has 0 aliphatic rings. The maximum absolute atomic E-state index is 12.2. The van der Waals surface area contributed by atoms with Crippen molar-refractivity contribution in [3.05, 3.63) is 0 Å². The van der Waals surface area contributed by atoms with Crippen molar-refractivity contribution < 1.29 is 43.2 Å². The van der Waals surface area contributed by atoms with Crippen molar-refractivity contribution in [3.8, 4) is 0 Å². The van der Waals surface area contributed by atoms with Crippen molar-refractivity contribution in [2.45, 2.75) is 123 Å². The molecule has 0 saturated heterocycles. The first kappa shape index (κ1) is 42.2. The summed E-state index contributed by atoms with van der Waals surface area (Å²) in [7, 11) is 0. The van der Waals surface area contributed by atoms with E-state index in [0.717, 1.165) is 19.3 Å². The molecule has 11 nitrogen and oxygen atoms in total. The van der Waals surface area contributed by atoms with Gasteiger partial charge in [0.05, 0.1) is 59.5 Å². The average molecular weight is 633 g/mol. The number of carbonyl (C=O) groups excluding carboxylic acids is 2. The van der Waals surface area contributed by atoms with Gasteiger partial charge in [0.25, 0.3) is 0 Å². The van der Waals surface area contributed by atoms with Gasteiger partial charge in [-0.05, 0) is 19.8 Å². The summed E-state index contributed by atoms with van der Waals surface area (Å²) in [4.78, 5) is 35.9. The zero-order chi connectivity index (χ0) is 32.4. The fraction of sp³-hybridized carbons (Fsp3) is 0.909. The Hall–Kier alpha value is -1.79. The number of hydrogen-bond acceptors (Lipinski definition) is 8. The van der Waals surface area contributed by atoms with Crippen LogP contribution >= 0.6 is 0 Å². The molecule has 2 amide bonds. The highest BCUT2D eigenvalue weighted by atomic mass is 16.6. The zero-order valence-electron chi connectivity index (χ0n) is 27.9. The van der Waals surface area contributed by atoms with Crippen molar-refractivity contribution >= 4 is 17.8 Å². The van der Waals surface area contributed by atoms with E-state index in [0.29, 0.717) is 79.0 Å². The second-order valence-corrected chi connectivity index (χ2v) is 11.0. The Labute approximate surface area is 266 Å². The molecule has 0 aliphatic carbocycles. The number of nitrogens with one attached hydrogen (secondary N) is 2. The minimum atomic E-state index is -1.13. The zero-order valence-corrected chi connectivity index (χ0v) is 27.9. The average Bonchev–Trinajstić information content (AvgIpc) is 3.01. The number of aliphatic carboxylic acids is 1. The van der Waals surface area contributed by atoms with E-state index >= 15 is 0 Å². The number of carbonyl (C=O) groups is 3. The molecule has 44 heavy (non-hydrogen) atoms. The van der Waals surface area contributed by atoms with Crippen molar-refractivity contribution in [3.63, 3.8) is 0 Å². The molecular weight excluding hydrogens is 568 g/mol. The van der Waals surface area contributed by atoms with Gasteiger partial charge in [-0.25, -0.2) is 4.79 Å². The van der Waals surface area contributed by atoms with Gasteiger partial charge in [0.2, 0.25) is 11.8 Å². The predicted octanol–water partition coefficient (Wildman–Crippen LogP) is 5.04. The summed E-state index contributed by atoms with van der Waals surface area (Å²) in [5.41, 5.74) is 0. The molecule has 0 radical (unpaired) electrons. The number of rotatable bonds is 35. The summed E-state index contributed by atoms with van der Waals surface area (Å²) in [5, 5.41) is 14.7. The highest BCUT2D eigenvalue weighted by Gasteiger charge is 2.20. The Morgan fingerprint density at radius 1 is 0.545 bits per heavy atom. The van der Waals surface area contributed by atoms with Crippen LogP contribution in [-0.2, 0) is 38.1 Å². The van der Waals surface area contributed by atoms with Crippen LogP contribution in [0, 0.1) is 0 Å². The van der Waals surface area contributed by atoms with Gasteiger partial charge in [-0.15, -0.1) is 0 Å². The van der Waals surface area contributed by atoms with Gasteiger partial charge in [-0.2, -0.15) is 0 Å². The largest absolute Gasteiger partial charge is 0.480 e. The van der Waals surface area contributed by atoms with Crippen LogP contribution in [0.3, 0.4) is 0 Å². The number of amides is 2. The van der Waals surface area contributed by atoms with Crippen LogP contribution in [0.4, 0.5) is 0 Å². The summed E-state index contributed by atoms with van der Waals surface area (Å²) in [5.74, 6) is -1.68. The third kappa shape index (κ3) is 31.6. The highest BCUT2D eigenvalue weighted by molar-refractivity contribution is 5.84. The number of unbranched alkanes of at least 4 members (excludes halogenated alkanes) is 12. The lowest BCUT2D eigenvalue weighted by atomic mass is 10.0. The first-order valence-corrected chi connectivity index (χ1v) is 17.2. The summed E-state index contributed by atoms with van der Waals surface area (Å²) >= 11 is 0. The van der Waals surface area contributed by atoms with E-state index in [1.165, 1.54) is 64.2 Å². The Balaban J connectivity index is 3.62. The van der Waals surface area contributed by atoms with E-state index in [9.17, 15) is 19.5 Å². The molecule has 0 spiro atoms. The molecule has 1 atom stereocenters. The fourth-order valence-corrected chi connectivity index (χ4v) is 4.48. The van der Waals surface area contributed by atoms with Crippen LogP contribution in [0.2, 0.25) is 0 Å². The molecule has 0 aromatic rings. The van der Waals surface area contributed by atoms with Crippen LogP contribution < -0.4 is 10.6 Å². The maximum atomic E-state index is 12.2. The lowest BCUT2D eigenvalue weighted by Gasteiger charge is -2.14. The molecule has 0 fully saturated rings. The molecule has 0 bridgehead atoms. The maximum Gasteiger partial charge on any atom is 0.326 e. The summed E-state index contributed by atoms with van der Waals surface area (Å²) in [6, 6.07) is -1.07. The van der Waals surface area contributed by atoms with E-state index < -0.39 is 12.0 Å². The van der Waals surface area contributed by atoms with E-state index in [-0.39, 0.29) is 24.7 Å². The lowest BCUT2D eigenvalue weighted by Crippen LogP contribution is -2.41. The molecule has 0 aliphatic heterocycles. The van der Waals surface area contributed by atoms with E-state index in [1.54, 1.807) is 0 Å². The number of hydrogen-bond donors (Lipinski definition) is 3. The standard InChI is InChI=1S/C33H64N2O9/c1-3-5-6-7-8-9-10-11-12-13-14-15-16-17-32(37)35-30(33(38)39)18-19-31(36)34-20-21-41-24-25-43-28-29-44-27-26-42-23-22-40-4-2/h30H,3-29H2,1-2H3,(H,34,36)(H,35,37)(H,38,39)/t30-/m0/s1. The molecule has 0 heterocycles. The number of ether oxygens (including phenoxy) is 5. The first-order chi connectivity index (χ1) is 21.5. The van der Waals surface area contributed by atoms with Crippen molar-refractivity contribution in [1.29, 1.82) is 0 Å². The molecule has 0 saturated carbocycles. The number of carboxylic acids is 1. The molecule has 3 N–H and O–H groups in total. The molecule has 11 heteroatoms. The highest BCUT2D eigenvalue weighted by Crippen LogP contribution is 2.13. The van der Waals surface area contributed by atoms with Crippen LogP contribution in [0.1, 0.15) is 117 Å². The second-order valence-electron chi connectivity index (χ2n) is 11.0. The number of carboxylic acid groups (broad SMARTS) is 1. The lowest BCUT2D eigenvalue weighted by molar-refractivity contribution is -0.142. The minimum absolute atomic E-state index is 0.0106. The Morgan fingerprint density at radius 3 is 1.43 bits per heavy atom. The molecule has 260 valence electrons. The van der Waals surface area contributed by atoms with Crippen LogP contribution in [0.15, 0.2) is 0 Å². The Bertz CT molecular complexity index is 667. The van der Waals surface area contributed by atoms with Crippen LogP contribution in [0.25, 0.3) is 0 Å². The van der Waals surface area contributed by atoms with Crippen molar-refractivity contribution in [2.24, 2.45) is 0 Å². The molecular formula is C33H64N2O9. The van der Waals surface area contributed by atoms with Crippen LogP contribution in [0.5, 0.6) is 0 Å². The topological polar surface area (TPSA) is 142 Å². The van der Waals surface area contributed by atoms with E-state index in [4.69, 9.17) is 23.7 Å². The van der Waals surface area contributed by atoms with Crippen molar-refractivity contribution in [1.82, 2.24) is 10.6 Å². The van der Waals surface area contributed by atoms with Gasteiger partial charge >= 0.3 is 5.97 Å². The second kappa shape index (κ2) is 34.1. The van der Waals surface area contributed by atoms with Gasteiger partial charge in [0.1, 0.15) is 6.04 Å². The van der Waals surface area contributed by atoms with E-state index in [1.807, 2.05) is 6.92 Å². The third-order valence-electron chi connectivity index (χ3n) is 7.06.